The van der Waals surface area contributed by atoms with Crippen LogP contribution in [-0.4, -0.2) is 12.6 Å². The highest BCUT2D eigenvalue weighted by atomic mass is 16.5. The van der Waals surface area contributed by atoms with E-state index in [0.717, 1.165) is 11.1 Å². The largest absolute Gasteiger partial charge is 0.463 e. The molecule has 0 aromatic heterocycles. The Kier molecular flexibility index (Phi) is 4.00. The van der Waals surface area contributed by atoms with Crippen LogP contribution in [-0.2, 0) is 9.53 Å². The van der Waals surface area contributed by atoms with E-state index in [1.165, 1.54) is 10.8 Å². The molecule has 0 heterocycles. The van der Waals surface area contributed by atoms with Crippen molar-refractivity contribution in [2.24, 2.45) is 0 Å². The summed E-state index contributed by atoms with van der Waals surface area (Å²) in [4.78, 5) is 11.7. The Balaban J connectivity index is 2.43. The van der Waals surface area contributed by atoms with E-state index in [1.807, 2.05) is 39.0 Å². The molecule has 0 aliphatic carbocycles. The summed E-state index contributed by atoms with van der Waals surface area (Å²) in [5.74, 6) is -0.242. The van der Waals surface area contributed by atoms with Gasteiger partial charge in [0.1, 0.15) is 0 Å². The van der Waals surface area contributed by atoms with Gasteiger partial charge in [-0.3, -0.25) is 0 Å². The number of ether oxygens (including phenoxy) is 1. The standard InChI is InChI=1S/C17H18O2/c1-4-19-17(18)13(3)12(2)15-10-9-14-7-5-6-8-16(14)11-15/h5-11H,4H2,1-3H3/b13-12-. The van der Waals surface area contributed by atoms with E-state index in [2.05, 4.69) is 24.3 Å². The molecule has 2 rings (SSSR count). The van der Waals surface area contributed by atoms with Crippen LogP contribution in [0, 0.1) is 0 Å². The molecule has 0 saturated heterocycles. The Hall–Kier alpha value is -2.09. The zero-order valence-corrected chi connectivity index (χ0v) is 11.6. The first kappa shape index (κ1) is 13.3. The number of carbonyl (C=O) groups excluding carboxylic acids is 1. The number of rotatable bonds is 3. The van der Waals surface area contributed by atoms with Crippen molar-refractivity contribution in [3.63, 3.8) is 0 Å². The SMILES string of the molecule is CCOC(=O)/C(C)=C(/C)c1ccc2ccccc2c1. The Labute approximate surface area is 113 Å². The molecule has 0 unspecified atom stereocenters. The van der Waals surface area contributed by atoms with Crippen LogP contribution in [0.4, 0.5) is 0 Å². The predicted molar refractivity (Wildman–Crippen MR) is 78.8 cm³/mol. The third-order valence-electron chi connectivity index (χ3n) is 3.33. The summed E-state index contributed by atoms with van der Waals surface area (Å²) in [6.45, 7) is 5.98. The number of benzene rings is 2. The maximum Gasteiger partial charge on any atom is 0.333 e. The molecule has 0 atom stereocenters. The minimum Gasteiger partial charge on any atom is -0.463 e. The van der Waals surface area contributed by atoms with E-state index in [9.17, 15) is 4.79 Å². The van der Waals surface area contributed by atoms with Crippen LogP contribution in [0.2, 0.25) is 0 Å². The van der Waals surface area contributed by atoms with Crippen molar-refractivity contribution >= 4 is 22.3 Å². The molecule has 2 aromatic rings. The minimum absolute atomic E-state index is 0.242. The van der Waals surface area contributed by atoms with Gasteiger partial charge in [-0.2, -0.15) is 0 Å². The lowest BCUT2D eigenvalue weighted by atomic mass is 9.99. The molecular formula is C17H18O2. The van der Waals surface area contributed by atoms with Gasteiger partial charge in [0.2, 0.25) is 0 Å². The van der Waals surface area contributed by atoms with E-state index >= 15 is 0 Å². The normalized spacial score (nSPS) is 12.2. The highest BCUT2D eigenvalue weighted by Gasteiger charge is 2.10. The first-order chi connectivity index (χ1) is 9.13. The van der Waals surface area contributed by atoms with E-state index in [1.54, 1.807) is 0 Å². The number of allylic oxidation sites excluding steroid dienone is 1. The van der Waals surface area contributed by atoms with Crippen molar-refractivity contribution < 1.29 is 9.53 Å². The highest BCUT2D eigenvalue weighted by Crippen LogP contribution is 2.23. The zero-order chi connectivity index (χ0) is 13.8. The molecule has 0 fully saturated rings. The summed E-state index contributed by atoms with van der Waals surface area (Å²) in [5, 5.41) is 2.38. The fourth-order valence-electron chi connectivity index (χ4n) is 2.03. The summed E-state index contributed by atoms with van der Waals surface area (Å²) < 4.78 is 5.04. The summed E-state index contributed by atoms with van der Waals surface area (Å²) in [6, 6.07) is 14.4. The number of hydrogen-bond donors (Lipinski definition) is 0. The van der Waals surface area contributed by atoms with Crippen LogP contribution in [0.5, 0.6) is 0 Å². The van der Waals surface area contributed by atoms with Crippen molar-refractivity contribution in [1.82, 2.24) is 0 Å². The fourth-order valence-corrected chi connectivity index (χ4v) is 2.03. The maximum atomic E-state index is 11.7. The third kappa shape index (κ3) is 2.84. The quantitative estimate of drug-likeness (QED) is 0.606. The van der Waals surface area contributed by atoms with Crippen molar-refractivity contribution in [1.29, 1.82) is 0 Å². The van der Waals surface area contributed by atoms with E-state index in [0.29, 0.717) is 12.2 Å². The van der Waals surface area contributed by atoms with Gasteiger partial charge in [-0.15, -0.1) is 0 Å². The van der Waals surface area contributed by atoms with Crippen molar-refractivity contribution in [2.75, 3.05) is 6.61 Å². The smallest absolute Gasteiger partial charge is 0.333 e. The second-order valence-corrected chi connectivity index (χ2v) is 4.53. The molecule has 0 amide bonds. The second kappa shape index (κ2) is 5.70. The Morgan fingerprint density at radius 2 is 1.74 bits per heavy atom. The molecule has 0 radical (unpaired) electrons. The molecule has 0 aliphatic rings. The average molecular weight is 254 g/mol. The van der Waals surface area contributed by atoms with Gasteiger partial charge in [-0.1, -0.05) is 36.4 Å². The fraction of sp³-hybridized carbons (Fsp3) is 0.235. The van der Waals surface area contributed by atoms with Gasteiger partial charge in [-0.25, -0.2) is 4.79 Å². The molecule has 2 aromatic carbocycles. The predicted octanol–water partition coefficient (Wildman–Crippen LogP) is 4.20. The molecule has 0 aliphatic heterocycles. The third-order valence-corrected chi connectivity index (χ3v) is 3.33. The van der Waals surface area contributed by atoms with E-state index in [4.69, 9.17) is 4.74 Å². The van der Waals surface area contributed by atoms with Gasteiger partial charge in [0.15, 0.2) is 0 Å². The van der Waals surface area contributed by atoms with Gasteiger partial charge >= 0.3 is 5.97 Å². The molecule has 2 nitrogen and oxygen atoms in total. The van der Waals surface area contributed by atoms with Gasteiger partial charge in [0.25, 0.3) is 0 Å². The first-order valence-electron chi connectivity index (χ1n) is 6.47. The van der Waals surface area contributed by atoms with Crippen molar-refractivity contribution in [3.8, 4) is 0 Å². The Morgan fingerprint density at radius 1 is 1.05 bits per heavy atom. The van der Waals surface area contributed by atoms with Crippen LogP contribution in [0.3, 0.4) is 0 Å². The second-order valence-electron chi connectivity index (χ2n) is 4.53. The first-order valence-corrected chi connectivity index (χ1v) is 6.47. The molecule has 0 N–H and O–H groups in total. The van der Waals surface area contributed by atoms with E-state index < -0.39 is 0 Å². The molecular weight excluding hydrogens is 236 g/mol. The van der Waals surface area contributed by atoms with E-state index in [-0.39, 0.29) is 5.97 Å². The van der Waals surface area contributed by atoms with Gasteiger partial charge in [-0.05, 0) is 48.7 Å². The summed E-state index contributed by atoms with van der Waals surface area (Å²) in [7, 11) is 0. The highest BCUT2D eigenvalue weighted by molar-refractivity contribution is 5.97. The Bertz CT molecular complexity index is 639. The van der Waals surface area contributed by atoms with Crippen LogP contribution < -0.4 is 0 Å². The number of carbonyl (C=O) groups is 1. The van der Waals surface area contributed by atoms with Crippen LogP contribution >= 0.6 is 0 Å². The summed E-state index contributed by atoms with van der Waals surface area (Å²) in [5.41, 5.74) is 2.69. The van der Waals surface area contributed by atoms with Gasteiger partial charge in [0, 0.05) is 5.57 Å². The number of hydrogen-bond acceptors (Lipinski definition) is 2. The summed E-state index contributed by atoms with van der Waals surface area (Å²) >= 11 is 0. The lowest BCUT2D eigenvalue weighted by Gasteiger charge is -2.08. The Morgan fingerprint density at radius 3 is 2.42 bits per heavy atom. The molecule has 19 heavy (non-hydrogen) atoms. The number of fused-ring (bicyclic) bond motifs is 1. The number of esters is 1. The topological polar surface area (TPSA) is 26.3 Å². The van der Waals surface area contributed by atoms with Gasteiger partial charge in [0.05, 0.1) is 6.61 Å². The van der Waals surface area contributed by atoms with Gasteiger partial charge < -0.3 is 4.74 Å². The lowest BCUT2D eigenvalue weighted by Crippen LogP contribution is -2.06. The molecule has 2 heteroatoms. The average Bonchev–Trinajstić information content (AvgIpc) is 2.45. The molecule has 98 valence electrons. The zero-order valence-electron chi connectivity index (χ0n) is 11.6. The molecule has 0 spiro atoms. The van der Waals surface area contributed by atoms with Crippen LogP contribution in [0.15, 0.2) is 48.0 Å². The molecule has 0 bridgehead atoms. The van der Waals surface area contributed by atoms with Crippen molar-refractivity contribution in [3.05, 3.63) is 53.6 Å². The maximum absolute atomic E-state index is 11.7. The summed E-state index contributed by atoms with van der Waals surface area (Å²) in [6.07, 6.45) is 0. The monoisotopic (exact) mass is 254 g/mol. The van der Waals surface area contributed by atoms with Crippen LogP contribution in [0.25, 0.3) is 16.3 Å². The minimum atomic E-state index is -0.242. The lowest BCUT2D eigenvalue weighted by molar-refractivity contribution is -0.138. The molecule has 0 saturated carbocycles. The van der Waals surface area contributed by atoms with Crippen LogP contribution in [0.1, 0.15) is 26.3 Å². The van der Waals surface area contributed by atoms with Crippen molar-refractivity contribution in [2.45, 2.75) is 20.8 Å².